The second-order valence-corrected chi connectivity index (χ2v) is 4.55. The number of ether oxygens (including phenoxy) is 1. The summed E-state index contributed by atoms with van der Waals surface area (Å²) in [6, 6.07) is 0. The summed E-state index contributed by atoms with van der Waals surface area (Å²) in [6.45, 7) is 1.81. The lowest BCUT2D eigenvalue weighted by atomic mass is 10.0. The van der Waals surface area contributed by atoms with Crippen LogP contribution in [0.4, 0.5) is 0 Å². The number of nitrogens with zero attached hydrogens (tertiary/aromatic N) is 2. The first-order valence-corrected chi connectivity index (χ1v) is 6.30. The number of fused-ring (bicyclic) bond motifs is 1. The van der Waals surface area contributed by atoms with Crippen LogP contribution in [0.5, 0.6) is 0 Å². The van der Waals surface area contributed by atoms with Crippen molar-refractivity contribution in [3.63, 3.8) is 0 Å². The Hall–Kier alpha value is -1.89. The summed E-state index contributed by atoms with van der Waals surface area (Å²) in [5.74, 6) is -3.11. The summed E-state index contributed by atoms with van der Waals surface area (Å²) < 4.78 is 6.54. The molecule has 2 heterocycles. The summed E-state index contributed by atoms with van der Waals surface area (Å²) in [5.41, 5.74) is 0.572. The van der Waals surface area contributed by atoms with Gasteiger partial charge in [0, 0.05) is 24.2 Å². The van der Waals surface area contributed by atoms with Crippen molar-refractivity contribution in [3.05, 3.63) is 23.5 Å². The van der Waals surface area contributed by atoms with Crippen LogP contribution < -0.4 is 0 Å². The van der Waals surface area contributed by atoms with Gasteiger partial charge in [0.15, 0.2) is 10.9 Å². The maximum absolute atomic E-state index is 11.5. The lowest BCUT2D eigenvalue weighted by molar-refractivity contribution is -0.158. The Balaban J connectivity index is 2.16. The van der Waals surface area contributed by atoms with Crippen molar-refractivity contribution in [1.82, 2.24) is 9.38 Å². The average Bonchev–Trinajstić information content (AvgIpc) is 2.85. The van der Waals surface area contributed by atoms with E-state index in [9.17, 15) is 9.59 Å². The van der Waals surface area contributed by atoms with Crippen LogP contribution in [0.3, 0.4) is 0 Å². The number of rotatable bonds is 5. The van der Waals surface area contributed by atoms with Gasteiger partial charge in [0.05, 0.1) is 12.3 Å². The van der Waals surface area contributed by atoms with Gasteiger partial charge in [0.25, 0.3) is 0 Å². The molecule has 6 nitrogen and oxygen atoms in total. The topological polar surface area (TPSA) is 80.9 Å². The van der Waals surface area contributed by atoms with Crippen molar-refractivity contribution in [2.75, 3.05) is 6.61 Å². The molecule has 1 atom stereocenters. The standard InChI is InChI=1S/C11H12N2O4S/c1-2-17-10(16)8(9(14)15)5-7-6-13-3-4-18-11(13)12-7/h3-4,6,8H,2,5H2,1H3,(H,14,15). The maximum Gasteiger partial charge on any atom is 0.320 e. The van der Waals surface area contributed by atoms with Gasteiger partial charge in [-0.1, -0.05) is 0 Å². The Morgan fingerprint density at radius 3 is 3.00 bits per heavy atom. The number of aliphatic carboxylic acids is 1. The molecule has 1 N–H and O–H groups in total. The number of carboxylic acid groups (broad SMARTS) is 1. The van der Waals surface area contributed by atoms with E-state index < -0.39 is 17.9 Å². The summed E-state index contributed by atoms with van der Waals surface area (Å²) in [7, 11) is 0. The van der Waals surface area contributed by atoms with Gasteiger partial charge in [-0.2, -0.15) is 0 Å². The van der Waals surface area contributed by atoms with Gasteiger partial charge in [-0.15, -0.1) is 11.3 Å². The number of hydrogen-bond donors (Lipinski definition) is 1. The van der Waals surface area contributed by atoms with Crippen LogP contribution in [0, 0.1) is 5.92 Å². The molecule has 0 aliphatic heterocycles. The van der Waals surface area contributed by atoms with E-state index in [-0.39, 0.29) is 13.0 Å². The highest BCUT2D eigenvalue weighted by atomic mass is 32.1. The SMILES string of the molecule is CCOC(=O)C(Cc1cn2ccsc2n1)C(=O)O. The van der Waals surface area contributed by atoms with Gasteiger partial charge >= 0.3 is 11.9 Å². The summed E-state index contributed by atoms with van der Waals surface area (Å²) in [6.07, 6.45) is 3.60. The van der Waals surface area contributed by atoms with E-state index in [0.717, 1.165) is 4.96 Å². The van der Waals surface area contributed by atoms with Gasteiger partial charge < -0.3 is 9.84 Å². The number of carbonyl (C=O) groups is 2. The van der Waals surface area contributed by atoms with Gasteiger partial charge in [0.2, 0.25) is 0 Å². The first-order chi connectivity index (χ1) is 8.61. The fraction of sp³-hybridized carbons (Fsp3) is 0.364. The van der Waals surface area contributed by atoms with E-state index in [1.54, 1.807) is 17.5 Å². The van der Waals surface area contributed by atoms with Crippen molar-refractivity contribution in [2.24, 2.45) is 5.92 Å². The van der Waals surface area contributed by atoms with Crippen LogP contribution >= 0.6 is 11.3 Å². The van der Waals surface area contributed by atoms with Crippen LogP contribution in [0.15, 0.2) is 17.8 Å². The molecule has 0 saturated heterocycles. The Kier molecular flexibility index (Phi) is 3.61. The maximum atomic E-state index is 11.5. The molecule has 0 radical (unpaired) electrons. The molecule has 0 spiro atoms. The number of imidazole rings is 1. The molecule has 18 heavy (non-hydrogen) atoms. The minimum absolute atomic E-state index is 0.0442. The largest absolute Gasteiger partial charge is 0.481 e. The highest BCUT2D eigenvalue weighted by Crippen LogP contribution is 2.15. The molecule has 0 aliphatic carbocycles. The molecule has 0 fully saturated rings. The van der Waals surface area contributed by atoms with Crippen molar-refractivity contribution >= 4 is 28.2 Å². The van der Waals surface area contributed by atoms with Crippen LogP contribution in [0.1, 0.15) is 12.6 Å². The molecule has 2 aromatic rings. The summed E-state index contributed by atoms with van der Waals surface area (Å²) in [5, 5.41) is 10.9. The fourth-order valence-corrected chi connectivity index (χ4v) is 2.32. The van der Waals surface area contributed by atoms with E-state index >= 15 is 0 Å². The molecular weight excluding hydrogens is 256 g/mol. The van der Waals surface area contributed by atoms with Crippen molar-refractivity contribution in [1.29, 1.82) is 0 Å². The van der Waals surface area contributed by atoms with Gasteiger partial charge in [0.1, 0.15) is 0 Å². The Labute approximate surface area is 107 Å². The smallest absolute Gasteiger partial charge is 0.320 e. The molecule has 0 saturated carbocycles. The van der Waals surface area contributed by atoms with Crippen LogP contribution in [-0.4, -0.2) is 33.0 Å². The lowest BCUT2D eigenvalue weighted by Crippen LogP contribution is -2.28. The molecule has 0 bridgehead atoms. The molecule has 0 aromatic carbocycles. The third kappa shape index (κ3) is 2.51. The Morgan fingerprint density at radius 1 is 1.61 bits per heavy atom. The molecule has 7 heteroatoms. The summed E-state index contributed by atoms with van der Waals surface area (Å²) in [4.78, 5) is 27.6. The predicted octanol–water partition coefficient (Wildman–Crippen LogP) is 1.20. The normalized spacial score (nSPS) is 12.5. The quantitative estimate of drug-likeness (QED) is 0.651. The zero-order valence-corrected chi connectivity index (χ0v) is 10.5. The van der Waals surface area contributed by atoms with Crippen molar-refractivity contribution < 1.29 is 19.4 Å². The Morgan fingerprint density at radius 2 is 2.39 bits per heavy atom. The minimum atomic E-state index is -1.20. The van der Waals surface area contributed by atoms with Crippen LogP contribution in [-0.2, 0) is 20.7 Å². The highest BCUT2D eigenvalue weighted by molar-refractivity contribution is 7.15. The second kappa shape index (κ2) is 5.18. The van der Waals surface area contributed by atoms with Crippen LogP contribution in [0.25, 0.3) is 4.96 Å². The van der Waals surface area contributed by atoms with Gasteiger partial charge in [-0.3, -0.25) is 14.0 Å². The molecule has 0 aliphatic rings. The molecular formula is C11H12N2O4S. The number of carbonyl (C=O) groups excluding carboxylic acids is 1. The van der Waals surface area contributed by atoms with E-state index in [1.165, 1.54) is 11.3 Å². The number of aromatic nitrogens is 2. The van der Waals surface area contributed by atoms with E-state index in [4.69, 9.17) is 9.84 Å². The fourth-order valence-electron chi connectivity index (χ4n) is 1.60. The zero-order valence-electron chi connectivity index (χ0n) is 9.70. The van der Waals surface area contributed by atoms with Gasteiger partial charge in [-0.05, 0) is 6.92 Å². The molecule has 0 amide bonds. The van der Waals surface area contributed by atoms with Gasteiger partial charge in [-0.25, -0.2) is 4.98 Å². The highest BCUT2D eigenvalue weighted by Gasteiger charge is 2.28. The molecule has 1 unspecified atom stereocenters. The van der Waals surface area contributed by atoms with E-state index in [0.29, 0.717) is 5.69 Å². The number of esters is 1. The third-order valence-corrected chi connectivity index (χ3v) is 3.20. The average molecular weight is 268 g/mol. The second-order valence-electron chi connectivity index (χ2n) is 3.67. The first kappa shape index (κ1) is 12.6. The molecule has 96 valence electrons. The third-order valence-electron chi connectivity index (χ3n) is 2.43. The van der Waals surface area contributed by atoms with Crippen LogP contribution in [0.2, 0.25) is 0 Å². The number of thiazole rings is 1. The van der Waals surface area contributed by atoms with Crippen molar-refractivity contribution in [2.45, 2.75) is 13.3 Å². The molecule has 2 rings (SSSR count). The number of carboxylic acids is 1. The monoisotopic (exact) mass is 268 g/mol. The summed E-state index contributed by atoms with van der Waals surface area (Å²) >= 11 is 1.45. The van der Waals surface area contributed by atoms with E-state index in [1.807, 2.05) is 11.6 Å². The zero-order chi connectivity index (χ0) is 13.1. The first-order valence-electron chi connectivity index (χ1n) is 5.42. The van der Waals surface area contributed by atoms with Crippen molar-refractivity contribution in [3.8, 4) is 0 Å². The number of hydrogen-bond acceptors (Lipinski definition) is 5. The van der Waals surface area contributed by atoms with E-state index in [2.05, 4.69) is 4.98 Å². The minimum Gasteiger partial charge on any atom is -0.481 e. The Bertz CT molecular complexity index is 546. The predicted molar refractivity (Wildman–Crippen MR) is 64.5 cm³/mol. The molecule has 2 aromatic heterocycles. The lowest BCUT2D eigenvalue weighted by Gasteiger charge is -2.09.